The number of carbonyl (C=O) groups excluding carboxylic acids is 1. The Morgan fingerprint density at radius 2 is 2.29 bits per heavy atom. The molecule has 2 rings (SSSR count). The number of nitrogens with one attached hydrogen (secondary N) is 1. The van der Waals surface area contributed by atoms with E-state index >= 15 is 0 Å². The van der Waals surface area contributed by atoms with Crippen LogP contribution in [0.25, 0.3) is 11.4 Å². The fraction of sp³-hybridized carbons (Fsp3) is 0.0909. The zero-order chi connectivity index (χ0) is 12.4. The largest absolute Gasteiger partial charge is 0.464 e. The molecule has 1 heterocycles. The summed E-state index contributed by atoms with van der Waals surface area (Å²) in [6.45, 7) is 0. The van der Waals surface area contributed by atoms with Crippen molar-refractivity contribution in [3.8, 4) is 11.4 Å². The van der Waals surface area contributed by atoms with E-state index in [2.05, 4.69) is 30.6 Å². The first kappa shape index (κ1) is 11.8. The van der Waals surface area contributed by atoms with Crippen molar-refractivity contribution in [2.45, 2.75) is 0 Å². The zero-order valence-corrected chi connectivity index (χ0v) is 10.4. The van der Waals surface area contributed by atoms with E-state index in [4.69, 9.17) is 0 Å². The van der Waals surface area contributed by atoms with E-state index in [1.807, 2.05) is 0 Å². The van der Waals surface area contributed by atoms with Crippen LogP contribution in [-0.4, -0.2) is 23.0 Å². The molecule has 0 aliphatic heterocycles. The lowest BCUT2D eigenvalue weighted by molar-refractivity contribution is 0.0595. The molecule has 1 aromatic carbocycles. The lowest BCUT2D eigenvalue weighted by atomic mass is 10.2. The highest BCUT2D eigenvalue weighted by molar-refractivity contribution is 9.10. The second-order valence-corrected chi connectivity index (χ2v) is 4.12. The average molecular weight is 299 g/mol. The number of rotatable bonds is 2. The van der Waals surface area contributed by atoms with Crippen molar-refractivity contribution >= 4 is 21.9 Å². The SMILES string of the molecule is COC(=O)c1cnc(-c2cc(F)ccc2Br)[nH]1. The van der Waals surface area contributed by atoms with E-state index < -0.39 is 5.97 Å². The van der Waals surface area contributed by atoms with E-state index in [0.29, 0.717) is 15.9 Å². The number of aromatic nitrogens is 2. The zero-order valence-electron chi connectivity index (χ0n) is 8.83. The summed E-state index contributed by atoms with van der Waals surface area (Å²) in [4.78, 5) is 18.0. The Kier molecular flexibility index (Phi) is 3.23. The monoisotopic (exact) mass is 298 g/mol. The van der Waals surface area contributed by atoms with Gasteiger partial charge in [-0.15, -0.1) is 0 Å². The molecule has 0 saturated carbocycles. The van der Waals surface area contributed by atoms with Gasteiger partial charge in [-0.05, 0) is 18.2 Å². The molecule has 0 aliphatic carbocycles. The Morgan fingerprint density at radius 1 is 1.53 bits per heavy atom. The number of ether oxygens (including phenoxy) is 1. The van der Waals surface area contributed by atoms with E-state index in [0.717, 1.165) is 0 Å². The quantitative estimate of drug-likeness (QED) is 0.868. The minimum atomic E-state index is -0.517. The first-order valence-electron chi connectivity index (χ1n) is 4.70. The summed E-state index contributed by atoms with van der Waals surface area (Å²) in [5.74, 6) is -0.493. The molecule has 0 atom stereocenters. The van der Waals surface area contributed by atoms with Crippen molar-refractivity contribution < 1.29 is 13.9 Å². The van der Waals surface area contributed by atoms with Crippen LogP contribution in [0.3, 0.4) is 0 Å². The lowest BCUT2D eigenvalue weighted by Crippen LogP contribution is -2.01. The van der Waals surface area contributed by atoms with Crippen LogP contribution in [0.1, 0.15) is 10.5 Å². The second kappa shape index (κ2) is 4.67. The smallest absolute Gasteiger partial charge is 0.356 e. The van der Waals surface area contributed by atoms with Crippen LogP contribution in [-0.2, 0) is 4.74 Å². The number of benzene rings is 1. The molecule has 0 saturated heterocycles. The molecule has 6 heteroatoms. The highest BCUT2D eigenvalue weighted by atomic mass is 79.9. The van der Waals surface area contributed by atoms with Crippen LogP contribution >= 0.6 is 15.9 Å². The molecule has 0 bridgehead atoms. The number of nitrogens with zero attached hydrogens (tertiary/aromatic N) is 1. The number of aromatic amines is 1. The first-order chi connectivity index (χ1) is 8.11. The minimum absolute atomic E-state index is 0.221. The normalized spacial score (nSPS) is 10.3. The molecule has 0 spiro atoms. The summed E-state index contributed by atoms with van der Waals surface area (Å²) in [6, 6.07) is 4.23. The highest BCUT2D eigenvalue weighted by Gasteiger charge is 2.12. The van der Waals surface area contributed by atoms with Crippen LogP contribution in [0.5, 0.6) is 0 Å². The topological polar surface area (TPSA) is 55.0 Å². The van der Waals surface area contributed by atoms with Crippen molar-refractivity contribution in [2.75, 3.05) is 7.11 Å². The van der Waals surface area contributed by atoms with E-state index in [9.17, 15) is 9.18 Å². The predicted molar refractivity (Wildman–Crippen MR) is 63.0 cm³/mol. The van der Waals surface area contributed by atoms with Gasteiger partial charge in [-0.25, -0.2) is 14.2 Å². The molecule has 1 N–H and O–H groups in total. The fourth-order valence-corrected chi connectivity index (χ4v) is 1.79. The Bertz CT molecular complexity index is 568. The summed E-state index contributed by atoms with van der Waals surface area (Å²) in [5, 5.41) is 0. The third-order valence-corrected chi connectivity index (χ3v) is 2.86. The number of methoxy groups -OCH3 is 1. The van der Waals surface area contributed by atoms with Crippen LogP contribution in [0, 0.1) is 5.82 Å². The molecule has 0 aliphatic rings. The van der Waals surface area contributed by atoms with Gasteiger partial charge >= 0.3 is 5.97 Å². The highest BCUT2D eigenvalue weighted by Crippen LogP contribution is 2.26. The molecule has 2 aromatic rings. The van der Waals surface area contributed by atoms with Gasteiger partial charge < -0.3 is 9.72 Å². The molecular formula is C11H8BrFN2O2. The molecular weight excluding hydrogens is 291 g/mol. The molecule has 0 radical (unpaired) electrons. The minimum Gasteiger partial charge on any atom is -0.464 e. The van der Waals surface area contributed by atoms with Gasteiger partial charge in [0.25, 0.3) is 0 Å². The van der Waals surface area contributed by atoms with Gasteiger partial charge in [-0.1, -0.05) is 15.9 Å². The van der Waals surface area contributed by atoms with E-state index in [1.54, 1.807) is 6.07 Å². The number of esters is 1. The summed E-state index contributed by atoms with van der Waals surface area (Å²) >= 11 is 3.29. The summed E-state index contributed by atoms with van der Waals surface area (Å²) in [5.41, 5.74) is 0.763. The van der Waals surface area contributed by atoms with Gasteiger partial charge in [0.2, 0.25) is 0 Å². The molecule has 0 unspecified atom stereocenters. The molecule has 0 amide bonds. The van der Waals surface area contributed by atoms with Gasteiger partial charge in [0, 0.05) is 10.0 Å². The number of imidazole rings is 1. The number of carbonyl (C=O) groups is 1. The van der Waals surface area contributed by atoms with Crippen molar-refractivity contribution in [3.63, 3.8) is 0 Å². The van der Waals surface area contributed by atoms with Gasteiger partial charge in [0.15, 0.2) is 0 Å². The van der Waals surface area contributed by atoms with Crippen LogP contribution in [0.15, 0.2) is 28.9 Å². The Morgan fingerprint density at radius 3 is 3.00 bits per heavy atom. The van der Waals surface area contributed by atoms with Crippen molar-refractivity contribution in [3.05, 3.63) is 40.4 Å². The molecule has 88 valence electrons. The maximum Gasteiger partial charge on any atom is 0.356 e. The van der Waals surface area contributed by atoms with Crippen molar-refractivity contribution in [1.29, 1.82) is 0 Å². The summed E-state index contributed by atoms with van der Waals surface area (Å²) in [6.07, 6.45) is 1.35. The standard InChI is InChI=1S/C11H8BrFN2O2/c1-17-11(16)9-5-14-10(15-9)7-4-6(13)2-3-8(7)12/h2-5H,1H3,(H,14,15). The second-order valence-electron chi connectivity index (χ2n) is 3.26. The molecule has 4 nitrogen and oxygen atoms in total. The predicted octanol–water partition coefficient (Wildman–Crippen LogP) is 2.76. The van der Waals surface area contributed by atoms with Gasteiger partial charge in [-0.3, -0.25) is 0 Å². The Balaban J connectivity index is 2.43. The summed E-state index contributed by atoms with van der Waals surface area (Å²) < 4.78 is 18.3. The van der Waals surface area contributed by atoms with Gasteiger partial charge in [-0.2, -0.15) is 0 Å². The number of hydrogen-bond acceptors (Lipinski definition) is 3. The molecule has 1 aromatic heterocycles. The third-order valence-electron chi connectivity index (χ3n) is 2.16. The van der Waals surface area contributed by atoms with Crippen LogP contribution in [0.4, 0.5) is 4.39 Å². The average Bonchev–Trinajstić information content (AvgIpc) is 2.80. The first-order valence-corrected chi connectivity index (χ1v) is 5.50. The molecule has 0 fully saturated rings. The number of H-pyrrole nitrogens is 1. The lowest BCUT2D eigenvalue weighted by Gasteiger charge is -2.00. The maximum absolute atomic E-state index is 13.1. The van der Waals surface area contributed by atoms with Gasteiger partial charge in [0.05, 0.1) is 13.3 Å². The van der Waals surface area contributed by atoms with E-state index in [1.165, 1.54) is 25.4 Å². The Labute approximate surface area is 105 Å². The van der Waals surface area contributed by atoms with Gasteiger partial charge in [0.1, 0.15) is 17.3 Å². The van der Waals surface area contributed by atoms with Crippen LogP contribution in [0.2, 0.25) is 0 Å². The number of halogens is 2. The number of hydrogen-bond donors (Lipinski definition) is 1. The third kappa shape index (κ3) is 2.36. The van der Waals surface area contributed by atoms with Crippen molar-refractivity contribution in [2.24, 2.45) is 0 Å². The van der Waals surface area contributed by atoms with E-state index in [-0.39, 0.29) is 11.5 Å². The molecule has 17 heavy (non-hydrogen) atoms. The summed E-state index contributed by atoms with van der Waals surface area (Å²) in [7, 11) is 1.28. The maximum atomic E-state index is 13.1. The Hall–Kier alpha value is -1.69. The van der Waals surface area contributed by atoms with Crippen molar-refractivity contribution in [1.82, 2.24) is 9.97 Å². The van der Waals surface area contributed by atoms with Crippen LogP contribution < -0.4 is 0 Å². The fourth-order valence-electron chi connectivity index (χ4n) is 1.35.